The summed E-state index contributed by atoms with van der Waals surface area (Å²) in [6.07, 6.45) is 7.58. The second-order valence-corrected chi connectivity index (χ2v) is 6.58. The van der Waals surface area contributed by atoms with Gasteiger partial charge in [-0.25, -0.2) is 0 Å². The Morgan fingerprint density at radius 3 is 2.57 bits per heavy atom. The Hall–Kier alpha value is -0.850. The van der Waals surface area contributed by atoms with Crippen molar-refractivity contribution in [3.63, 3.8) is 0 Å². The molecule has 0 unspecified atom stereocenters. The van der Waals surface area contributed by atoms with Gasteiger partial charge in [0.15, 0.2) is 5.96 Å². The molecule has 2 N–H and O–H groups in total. The highest BCUT2D eigenvalue weighted by Gasteiger charge is 2.38. The fourth-order valence-electron chi connectivity index (χ4n) is 3.74. The van der Waals surface area contributed by atoms with Crippen molar-refractivity contribution in [2.24, 2.45) is 4.99 Å². The van der Waals surface area contributed by atoms with Crippen LogP contribution >= 0.6 is 0 Å². The van der Waals surface area contributed by atoms with Gasteiger partial charge in [-0.2, -0.15) is 0 Å². The molecule has 0 aromatic carbocycles. The molecule has 6 nitrogen and oxygen atoms in total. The quantitative estimate of drug-likeness (QED) is 0.419. The molecule has 2 fully saturated rings. The zero-order chi connectivity index (χ0) is 16.4. The van der Waals surface area contributed by atoms with Crippen molar-refractivity contribution < 1.29 is 9.47 Å². The molecule has 6 heteroatoms. The number of hydrogen-bond donors (Lipinski definition) is 2. The van der Waals surface area contributed by atoms with Gasteiger partial charge in [0.2, 0.25) is 0 Å². The SMILES string of the molecule is CN=C(NCCCOC)NCC1(N2CCOCC2)CCCCC1. The first-order valence-corrected chi connectivity index (χ1v) is 9.07. The zero-order valence-corrected chi connectivity index (χ0v) is 14.9. The van der Waals surface area contributed by atoms with Crippen LogP contribution in [0.15, 0.2) is 4.99 Å². The molecule has 1 aliphatic heterocycles. The van der Waals surface area contributed by atoms with E-state index in [1.807, 2.05) is 7.05 Å². The van der Waals surface area contributed by atoms with E-state index in [2.05, 4.69) is 20.5 Å². The first kappa shape index (κ1) is 18.5. The number of nitrogens with one attached hydrogen (secondary N) is 2. The summed E-state index contributed by atoms with van der Waals surface area (Å²) >= 11 is 0. The lowest BCUT2D eigenvalue weighted by Gasteiger charge is -2.48. The van der Waals surface area contributed by atoms with Crippen molar-refractivity contribution in [2.45, 2.75) is 44.1 Å². The van der Waals surface area contributed by atoms with Gasteiger partial charge < -0.3 is 20.1 Å². The monoisotopic (exact) mass is 326 g/mol. The first-order chi connectivity index (χ1) is 11.3. The highest BCUT2D eigenvalue weighted by Crippen LogP contribution is 2.33. The third-order valence-electron chi connectivity index (χ3n) is 5.09. The number of nitrogens with zero attached hydrogens (tertiary/aromatic N) is 2. The van der Waals surface area contributed by atoms with E-state index in [1.165, 1.54) is 32.1 Å². The molecule has 23 heavy (non-hydrogen) atoms. The summed E-state index contributed by atoms with van der Waals surface area (Å²) in [5.74, 6) is 0.902. The van der Waals surface area contributed by atoms with Gasteiger partial charge >= 0.3 is 0 Å². The van der Waals surface area contributed by atoms with Crippen molar-refractivity contribution in [3.8, 4) is 0 Å². The van der Waals surface area contributed by atoms with Gasteiger partial charge in [0.05, 0.1) is 13.2 Å². The molecule has 0 radical (unpaired) electrons. The van der Waals surface area contributed by atoms with Crippen LogP contribution in [0.3, 0.4) is 0 Å². The molecule has 1 saturated heterocycles. The molecule has 0 aromatic rings. The molecule has 1 aliphatic carbocycles. The van der Waals surface area contributed by atoms with Gasteiger partial charge in [0.25, 0.3) is 0 Å². The Labute approximate surface area is 141 Å². The first-order valence-electron chi connectivity index (χ1n) is 9.07. The molecule has 0 aromatic heterocycles. The van der Waals surface area contributed by atoms with E-state index in [-0.39, 0.29) is 5.54 Å². The largest absolute Gasteiger partial charge is 0.385 e. The smallest absolute Gasteiger partial charge is 0.191 e. The standard InChI is InChI=1S/C17H34N4O2/c1-18-16(19-9-6-12-22-2)20-15-17(7-4-3-5-8-17)21-10-13-23-14-11-21/h3-15H2,1-2H3,(H2,18,19,20). The Morgan fingerprint density at radius 1 is 1.17 bits per heavy atom. The summed E-state index contributed by atoms with van der Waals surface area (Å²) < 4.78 is 10.6. The van der Waals surface area contributed by atoms with Crippen molar-refractivity contribution in [2.75, 3.05) is 60.2 Å². The normalized spacial score (nSPS) is 22.8. The highest BCUT2D eigenvalue weighted by atomic mass is 16.5. The number of rotatable bonds is 7. The summed E-state index contributed by atoms with van der Waals surface area (Å²) in [4.78, 5) is 7.01. The van der Waals surface area contributed by atoms with Crippen LogP contribution in [0.5, 0.6) is 0 Å². The zero-order valence-electron chi connectivity index (χ0n) is 14.9. The van der Waals surface area contributed by atoms with Crippen LogP contribution in [0.25, 0.3) is 0 Å². The van der Waals surface area contributed by atoms with E-state index in [0.29, 0.717) is 0 Å². The fourth-order valence-corrected chi connectivity index (χ4v) is 3.74. The fraction of sp³-hybridized carbons (Fsp3) is 0.941. The van der Waals surface area contributed by atoms with Gasteiger partial charge in [-0.3, -0.25) is 9.89 Å². The predicted molar refractivity (Wildman–Crippen MR) is 94.1 cm³/mol. The number of guanidine groups is 1. The van der Waals surface area contributed by atoms with Gasteiger partial charge in [0.1, 0.15) is 0 Å². The summed E-state index contributed by atoms with van der Waals surface area (Å²) in [6.45, 7) is 6.48. The number of aliphatic imine (C=N–C) groups is 1. The average molecular weight is 326 g/mol. The van der Waals surface area contributed by atoms with Crippen molar-refractivity contribution in [3.05, 3.63) is 0 Å². The molecule has 134 valence electrons. The van der Waals surface area contributed by atoms with E-state index in [0.717, 1.165) is 58.4 Å². The number of morpholine rings is 1. The van der Waals surface area contributed by atoms with Gasteiger partial charge in [0, 0.05) is 52.5 Å². The molecule has 0 amide bonds. The Morgan fingerprint density at radius 2 is 1.91 bits per heavy atom. The van der Waals surface area contributed by atoms with Crippen LogP contribution < -0.4 is 10.6 Å². The Bertz CT molecular complexity index is 351. The van der Waals surface area contributed by atoms with Crippen molar-refractivity contribution >= 4 is 5.96 Å². The van der Waals surface area contributed by atoms with E-state index in [4.69, 9.17) is 9.47 Å². The topological polar surface area (TPSA) is 58.1 Å². The molecule has 1 saturated carbocycles. The molecule has 2 rings (SSSR count). The summed E-state index contributed by atoms with van der Waals surface area (Å²) in [5.41, 5.74) is 0.270. The summed E-state index contributed by atoms with van der Waals surface area (Å²) in [7, 11) is 3.58. The average Bonchev–Trinajstić information content (AvgIpc) is 2.63. The minimum atomic E-state index is 0.270. The lowest BCUT2D eigenvalue weighted by Crippen LogP contribution is -2.60. The predicted octanol–water partition coefficient (Wildman–Crippen LogP) is 1.22. The van der Waals surface area contributed by atoms with Gasteiger partial charge in [-0.15, -0.1) is 0 Å². The van der Waals surface area contributed by atoms with E-state index in [1.54, 1.807) is 7.11 Å². The molecular weight excluding hydrogens is 292 g/mol. The maximum absolute atomic E-state index is 5.55. The summed E-state index contributed by atoms with van der Waals surface area (Å²) in [5, 5.41) is 6.95. The van der Waals surface area contributed by atoms with Gasteiger partial charge in [-0.1, -0.05) is 19.3 Å². The van der Waals surface area contributed by atoms with Crippen LogP contribution in [0.1, 0.15) is 38.5 Å². The van der Waals surface area contributed by atoms with Crippen molar-refractivity contribution in [1.82, 2.24) is 15.5 Å². The second-order valence-electron chi connectivity index (χ2n) is 6.58. The molecule has 1 heterocycles. The molecular formula is C17H34N4O2. The lowest BCUT2D eigenvalue weighted by atomic mass is 9.80. The maximum Gasteiger partial charge on any atom is 0.191 e. The molecule has 0 bridgehead atoms. The number of ether oxygens (including phenoxy) is 2. The minimum Gasteiger partial charge on any atom is -0.385 e. The van der Waals surface area contributed by atoms with Crippen LogP contribution in [0.2, 0.25) is 0 Å². The van der Waals surface area contributed by atoms with Crippen LogP contribution in [-0.2, 0) is 9.47 Å². The van der Waals surface area contributed by atoms with E-state index in [9.17, 15) is 0 Å². The number of methoxy groups -OCH3 is 1. The summed E-state index contributed by atoms with van der Waals surface area (Å²) in [6, 6.07) is 0. The van der Waals surface area contributed by atoms with E-state index < -0.39 is 0 Å². The Balaban J connectivity index is 1.86. The third-order valence-corrected chi connectivity index (χ3v) is 5.09. The van der Waals surface area contributed by atoms with Crippen LogP contribution in [0, 0.1) is 0 Å². The molecule has 0 spiro atoms. The Kier molecular flexibility index (Phi) is 8.12. The number of hydrogen-bond acceptors (Lipinski definition) is 4. The maximum atomic E-state index is 5.55. The second kappa shape index (κ2) is 10.1. The minimum absolute atomic E-state index is 0.270. The highest BCUT2D eigenvalue weighted by molar-refractivity contribution is 5.79. The van der Waals surface area contributed by atoms with Crippen LogP contribution in [-0.4, -0.2) is 76.6 Å². The van der Waals surface area contributed by atoms with Crippen LogP contribution in [0.4, 0.5) is 0 Å². The van der Waals surface area contributed by atoms with Gasteiger partial charge in [-0.05, 0) is 19.3 Å². The molecule has 2 aliphatic rings. The third kappa shape index (κ3) is 5.62. The van der Waals surface area contributed by atoms with E-state index >= 15 is 0 Å². The lowest BCUT2D eigenvalue weighted by molar-refractivity contribution is -0.0352. The van der Waals surface area contributed by atoms with Crippen molar-refractivity contribution in [1.29, 1.82) is 0 Å². The molecule has 0 atom stereocenters.